The van der Waals surface area contributed by atoms with E-state index >= 15 is 0 Å². The van der Waals surface area contributed by atoms with E-state index in [2.05, 4.69) is 15.3 Å². The Morgan fingerprint density at radius 1 is 1.28 bits per heavy atom. The molecule has 3 rings (SSSR count). The summed E-state index contributed by atoms with van der Waals surface area (Å²) in [5, 5.41) is 4.63. The zero-order valence-electron chi connectivity index (χ0n) is 18.3. The number of ether oxygens (including phenoxy) is 1. The maximum atomic E-state index is 12.5. The lowest BCUT2D eigenvalue weighted by Gasteiger charge is -2.15. The van der Waals surface area contributed by atoms with E-state index in [4.69, 9.17) is 4.74 Å². The number of aryl methyl sites for hydroxylation is 2. The van der Waals surface area contributed by atoms with Crippen molar-refractivity contribution in [2.45, 2.75) is 65.8 Å². The Morgan fingerprint density at radius 3 is 2.69 bits per heavy atom. The molecule has 1 atom stereocenters. The number of carbonyl (C=O) groups is 2. The van der Waals surface area contributed by atoms with Crippen LogP contribution in [-0.2, 0) is 34.0 Å². The van der Waals surface area contributed by atoms with E-state index in [1.54, 1.807) is 4.57 Å². The molecule has 0 fully saturated rings. The van der Waals surface area contributed by atoms with Crippen molar-refractivity contribution in [2.75, 3.05) is 0 Å². The van der Waals surface area contributed by atoms with Crippen molar-refractivity contribution in [1.29, 1.82) is 0 Å². The van der Waals surface area contributed by atoms with Gasteiger partial charge in [-0.3, -0.25) is 23.9 Å². The highest BCUT2D eigenvalue weighted by molar-refractivity contribution is 7.10. The van der Waals surface area contributed by atoms with Crippen LogP contribution in [0.15, 0.2) is 27.1 Å². The average Bonchev–Trinajstić information content (AvgIpc) is 3.39. The first-order valence-electron chi connectivity index (χ1n) is 10.5. The second kappa shape index (κ2) is 10.4. The van der Waals surface area contributed by atoms with Gasteiger partial charge in [0.25, 0.3) is 5.56 Å². The van der Waals surface area contributed by atoms with Crippen LogP contribution in [0.4, 0.5) is 0 Å². The third-order valence-corrected chi connectivity index (χ3v) is 6.00. The number of nitrogens with zero attached hydrogens (tertiary/aromatic N) is 3. The van der Waals surface area contributed by atoms with Gasteiger partial charge in [0.2, 0.25) is 5.91 Å². The number of imidazole rings is 1. The minimum atomic E-state index is -0.520. The number of aromatic nitrogens is 4. The number of thiophene rings is 1. The van der Waals surface area contributed by atoms with Crippen LogP contribution in [-0.4, -0.2) is 31.0 Å². The van der Waals surface area contributed by atoms with Crippen molar-refractivity contribution < 1.29 is 14.3 Å². The molecule has 0 saturated heterocycles. The van der Waals surface area contributed by atoms with Crippen LogP contribution < -0.4 is 16.6 Å². The van der Waals surface area contributed by atoms with Crippen LogP contribution in [0, 0.1) is 0 Å². The molecule has 172 valence electrons. The molecule has 0 bridgehead atoms. The van der Waals surface area contributed by atoms with E-state index in [1.165, 1.54) is 22.8 Å². The number of carbonyl (C=O) groups excluding carboxylic acids is 2. The minimum absolute atomic E-state index is 0.0335. The third-order valence-electron chi connectivity index (χ3n) is 5.01. The summed E-state index contributed by atoms with van der Waals surface area (Å²) in [7, 11) is 0. The third kappa shape index (κ3) is 5.16. The van der Waals surface area contributed by atoms with Crippen LogP contribution in [0.3, 0.4) is 0 Å². The fourth-order valence-electron chi connectivity index (χ4n) is 3.52. The van der Waals surface area contributed by atoms with Crippen LogP contribution in [0.2, 0.25) is 0 Å². The zero-order chi connectivity index (χ0) is 23.3. The maximum Gasteiger partial charge on any atom is 0.330 e. The van der Waals surface area contributed by atoms with Gasteiger partial charge in [0, 0.05) is 24.9 Å². The van der Waals surface area contributed by atoms with E-state index in [-0.39, 0.29) is 30.1 Å². The number of nitrogens with one attached hydrogen (secondary N) is 2. The molecule has 0 aliphatic carbocycles. The number of hydrogen-bond acceptors (Lipinski definition) is 7. The van der Waals surface area contributed by atoms with Gasteiger partial charge in [0.15, 0.2) is 11.2 Å². The first-order chi connectivity index (χ1) is 15.3. The highest BCUT2D eigenvalue weighted by Crippen LogP contribution is 2.23. The summed E-state index contributed by atoms with van der Waals surface area (Å²) in [6, 6.07) is 3.21. The van der Waals surface area contributed by atoms with Crippen molar-refractivity contribution in [2.24, 2.45) is 0 Å². The predicted octanol–water partition coefficient (Wildman–Crippen LogP) is 2.08. The van der Waals surface area contributed by atoms with Gasteiger partial charge in [-0.05, 0) is 24.8 Å². The molecule has 1 unspecified atom stereocenters. The average molecular weight is 462 g/mol. The molecule has 3 heterocycles. The van der Waals surface area contributed by atoms with Gasteiger partial charge in [-0.2, -0.15) is 0 Å². The summed E-state index contributed by atoms with van der Waals surface area (Å²) in [5.41, 5.74) is -0.457. The molecule has 1 amide bonds. The molecule has 32 heavy (non-hydrogen) atoms. The van der Waals surface area contributed by atoms with Crippen molar-refractivity contribution in [3.05, 3.63) is 49.1 Å². The minimum Gasteiger partial charge on any atom is -0.457 e. The Kier molecular flexibility index (Phi) is 7.62. The first kappa shape index (κ1) is 23.5. The van der Waals surface area contributed by atoms with E-state index in [0.29, 0.717) is 18.9 Å². The van der Waals surface area contributed by atoms with Gasteiger partial charge in [-0.15, -0.1) is 11.3 Å². The van der Waals surface area contributed by atoms with Crippen molar-refractivity contribution in [3.63, 3.8) is 0 Å². The maximum absolute atomic E-state index is 12.5. The Morgan fingerprint density at radius 2 is 2.06 bits per heavy atom. The van der Waals surface area contributed by atoms with E-state index in [0.717, 1.165) is 17.7 Å². The number of fused-ring (bicyclic) bond motifs is 1. The van der Waals surface area contributed by atoms with E-state index in [1.807, 2.05) is 31.4 Å². The topological polar surface area (TPSA) is 128 Å². The second-order valence-corrected chi connectivity index (χ2v) is 8.32. The Bertz CT molecular complexity index is 1210. The van der Waals surface area contributed by atoms with Crippen LogP contribution in [0.1, 0.15) is 56.8 Å². The molecule has 0 saturated carbocycles. The molecule has 0 aliphatic heterocycles. The highest BCUT2D eigenvalue weighted by Gasteiger charge is 2.21. The standard InChI is InChI=1S/C21H27N5O5S/c1-4-6-9-26-19-18(20(29)24-21(26)30)25(5-2)16(23-19)12-31-17(28)11-14(22-13(3)27)15-8-7-10-32-15/h7-8,10,14H,4-6,9,11-12H2,1-3H3,(H,22,27)(H,24,29,30). The molecule has 3 aromatic rings. The summed E-state index contributed by atoms with van der Waals surface area (Å²) in [5.74, 6) is -0.373. The molecule has 10 nitrogen and oxygen atoms in total. The number of amides is 1. The Hall–Kier alpha value is -3.21. The number of rotatable bonds is 10. The van der Waals surface area contributed by atoms with Crippen LogP contribution >= 0.6 is 11.3 Å². The van der Waals surface area contributed by atoms with Crippen molar-refractivity contribution in [3.8, 4) is 0 Å². The molecule has 11 heteroatoms. The van der Waals surface area contributed by atoms with Crippen molar-refractivity contribution in [1.82, 2.24) is 24.4 Å². The molecule has 0 radical (unpaired) electrons. The largest absolute Gasteiger partial charge is 0.457 e. The van der Waals surface area contributed by atoms with Crippen LogP contribution in [0.5, 0.6) is 0 Å². The summed E-state index contributed by atoms with van der Waals surface area (Å²) in [4.78, 5) is 56.5. The van der Waals surface area contributed by atoms with E-state index < -0.39 is 23.3 Å². The molecule has 3 aromatic heterocycles. The number of esters is 1. The first-order valence-corrected chi connectivity index (χ1v) is 11.4. The summed E-state index contributed by atoms with van der Waals surface area (Å²) in [6.07, 6.45) is 1.61. The lowest BCUT2D eigenvalue weighted by molar-refractivity contribution is -0.146. The van der Waals surface area contributed by atoms with Gasteiger partial charge in [-0.1, -0.05) is 19.4 Å². The summed E-state index contributed by atoms with van der Waals surface area (Å²) in [6.45, 7) is 5.94. The molecule has 0 aliphatic rings. The van der Waals surface area contributed by atoms with Gasteiger partial charge in [-0.25, -0.2) is 9.78 Å². The predicted molar refractivity (Wildman–Crippen MR) is 120 cm³/mol. The molecular weight excluding hydrogens is 434 g/mol. The number of aromatic amines is 1. The molecular formula is C21H27N5O5S. The normalized spacial score (nSPS) is 12.1. The van der Waals surface area contributed by atoms with Crippen molar-refractivity contribution >= 4 is 34.4 Å². The summed E-state index contributed by atoms with van der Waals surface area (Å²) >= 11 is 1.44. The van der Waals surface area contributed by atoms with Gasteiger partial charge >= 0.3 is 11.7 Å². The number of hydrogen-bond donors (Lipinski definition) is 2. The van der Waals surface area contributed by atoms with Crippen LogP contribution in [0.25, 0.3) is 11.2 Å². The van der Waals surface area contributed by atoms with Gasteiger partial charge in [0.1, 0.15) is 12.4 Å². The molecule has 0 spiro atoms. The lowest BCUT2D eigenvalue weighted by atomic mass is 10.1. The summed E-state index contributed by atoms with van der Waals surface area (Å²) < 4.78 is 8.53. The van der Waals surface area contributed by atoms with E-state index in [9.17, 15) is 19.2 Å². The monoisotopic (exact) mass is 461 g/mol. The Labute approximate surface area is 188 Å². The zero-order valence-corrected chi connectivity index (χ0v) is 19.2. The molecule has 0 aromatic carbocycles. The van der Waals surface area contributed by atoms with Gasteiger partial charge < -0.3 is 14.6 Å². The fraction of sp³-hybridized carbons (Fsp3) is 0.476. The second-order valence-electron chi connectivity index (χ2n) is 7.34. The Balaban J connectivity index is 1.83. The fourth-order valence-corrected chi connectivity index (χ4v) is 4.30. The number of H-pyrrole nitrogens is 1. The SMILES string of the molecule is CCCCn1c(=O)[nH]c(=O)c2c1nc(COC(=O)CC(NC(C)=O)c1cccs1)n2CC. The van der Waals surface area contributed by atoms with Gasteiger partial charge in [0.05, 0.1) is 12.5 Å². The molecule has 2 N–H and O–H groups in total. The quantitative estimate of drug-likeness (QED) is 0.445. The smallest absolute Gasteiger partial charge is 0.330 e. The number of unbranched alkanes of at least 4 members (excludes halogenated alkanes) is 1. The lowest BCUT2D eigenvalue weighted by Crippen LogP contribution is -2.31. The highest BCUT2D eigenvalue weighted by atomic mass is 32.1.